The molecule has 0 unspecified atom stereocenters. The highest BCUT2D eigenvalue weighted by atomic mass is 127. The molecule has 1 aromatic heterocycles. The van der Waals surface area contributed by atoms with Crippen LogP contribution in [-0.4, -0.2) is 47.8 Å². The summed E-state index contributed by atoms with van der Waals surface area (Å²) >= 11 is 1.73. The number of carbonyl (C=O) groups excluding carboxylic acids is 1. The topological polar surface area (TPSA) is 87.6 Å². The first-order valence-corrected chi connectivity index (χ1v) is 11.0. The fraction of sp³-hybridized carbons (Fsp3) is 0.750. The number of nitrogens with one attached hydrogen (secondary N) is 3. The van der Waals surface area contributed by atoms with Crippen LogP contribution >= 0.6 is 35.3 Å². The highest BCUT2D eigenvalue weighted by Gasteiger charge is 2.25. The maximum atomic E-state index is 11.9. The van der Waals surface area contributed by atoms with E-state index in [-0.39, 0.29) is 36.1 Å². The van der Waals surface area contributed by atoms with E-state index >= 15 is 0 Å². The van der Waals surface area contributed by atoms with Gasteiger partial charge in [-0.05, 0) is 60.3 Å². The number of rotatable bonds is 6. The summed E-state index contributed by atoms with van der Waals surface area (Å²) in [6.45, 7) is 11.3. The van der Waals surface area contributed by atoms with Crippen LogP contribution in [-0.2, 0) is 11.2 Å². The predicted octanol–water partition coefficient (Wildman–Crippen LogP) is 4.00. The zero-order chi connectivity index (χ0) is 20.6. The number of carbonyl (C=O) groups is 1. The Kier molecular flexibility index (Phi) is 11.2. The van der Waals surface area contributed by atoms with E-state index in [0.29, 0.717) is 6.04 Å². The number of aryl methyl sites for hydroxylation is 1. The van der Waals surface area contributed by atoms with Crippen molar-refractivity contribution in [3.05, 3.63) is 16.1 Å². The molecule has 1 fully saturated rings. The summed E-state index contributed by atoms with van der Waals surface area (Å²) in [6, 6.07) is 0.553. The third-order valence-electron chi connectivity index (χ3n) is 4.40. The SMILES string of the molecule is CCNC(=NCCc1ncc(C)s1)NC1CCC(NC(=O)OC(C)(C)C)CC1.I. The van der Waals surface area contributed by atoms with Gasteiger partial charge in [-0.15, -0.1) is 35.3 Å². The normalized spacial score (nSPS) is 19.8. The lowest BCUT2D eigenvalue weighted by molar-refractivity contribution is 0.0490. The van der Waals surface area contributed by atoms with E-state index in [2.05, 4.69) is 34.8 Å². The molecule has 1 aliphatic carbocycles. The van der Waals surface area contributed by atoms with Crippen molar-refractivity contribution in [3.63, 3.8) is 0 Å². The summed E-state index contributed by atoms with van der Waals surface area (Å²) < 4.78 is 5.35. The maximum absolute atomic E-state index is 11.9. The zero-order valence-corrected chi connectivity index (χ0v) is 21.4. The second-order valence-corrected chi connectivity index (χ2v) is 9.53. The maximum Gasteiger partial charge on any atom is 0.407 e. The minimum absolute atomic E-state index is 0. The Morgan fingerprint density at radius 3 is 2.38 bits per heavy atom. The number of hydrogen-bond acceptors (Lipinski definition) is 5. The van der Waals surface area contributed by atoms with E-state index < -0.39 is 5.60 Å². The minimum Gasteiger partial charge on any atom is -0.444 e. The fourth-order valence-corrected chi connectivity index (χ4v) is 3.93. The molecule has 0 spiro atoms. The Hall–Kier alpha value is -1.10. The van der Waals surface area contributed by atoms with Gasteiger partial charge < -0.3 is 20.7 Å². The molecule has 0 atom stereocenters. The third kappa shape index (κ3) is 10.5. The minimum atomic E-state index is -0.461. The molecular formula is C20H36IN5O2S. The van der Waals surface area contributed by atoms with Crippen molar-refractivity contribution in [2.24, 2.45) is 4.99 Å². The summed E-state index contributed by atoms with van der Waals surface area (Å²) in [5.41, 5.74) is -0.461. The van der Waals surface area contributed by atoms with Crippen molar-refractivity contribution in [2.75, 3.05) is 13.1 Å². The Bertz CT molecular complexity index is 652. The molecule has 0 saturated heterocycles. The third-order valence-corrected chi connectivity index (χ3v) is 5.37. The van der Waals surface area contributed by atoms with Crippen molar-refractivity contribution < 1.29 is 9.53 Å². The number of thiazole rings is 1. The summed E-state index contributed by atoms with van der Waals surface area (Å²) in [5, 5.41) is 11.0. The number of alkyl carbamates (subject to hydrolysis) is 1. The smallest absolute Gasteiger partial charge is 0.407 e. The monoisotopic (exact) mass is 537 g/mol. The second-order valence-electron chi connectivity index (χ2n) is 8.21. The molecule has 1 aliphatic rings. The number of aromatic nitrogens is 1. The molecule has 9 heteroatoms. The van der Waals surface area contributed by atoms with Crippen molar-refractivity contribution in [1.29, 1.82) is 0 Å². The van der Waals surface area contributed by atoms with Gasteiger partial charge in [0.1, 0.15) is 5.60 Å². The van der Waals surface area contributed by atoms with Gasteiger partial charge in [0, 0.05) is 42.7 Å². The number of amides is 1. The van der Waals surface area contributed by atoms with Crippen molar-refractivity contribution in [3.8, 4) is 0 Å². The van der Waals surface area contributed by atoms with E-state index in [4.69, 9.17) is 9.73 Å². The van der Waals surface area contributed by atoms with Crippen LogP contribution in [0, 0.1) is 6.92 Å². The standard InChI is InChI=1S/C20H35N5O2S.HI/c1-6-21-18(22-12-11-17-23-13-14(2)28-17)24-15-7-9-16(10-8-15)25-19(26)27-20(3,4)5;/h13,15-16H,6-12H2,1-5H3,(H,25,26)(H2,21,22,24);1H. The van der Waals surface area contributed by atoms with Gasteiger partial charge >= 0.3 is 6.09 Å². The lowest BCUT2D eigenvalue weighted by atomic mass is 9.91. The Labute approximate surface area is 195 Å². The van der Waals surface area contributed by atoms with Crippen LogP contribution in [0.2, 0.25) is 0 Å². The van der Waals surface area contributed by atoms with Gasteiger partial charge in [0.25, 0.3) is 0 Å². The number of ether oxygens (including phenoxy) is 1. The number of nitrogens with zero attached hydrogens (tertiary/aromatic N) is 2. The first-order chi connectivity index (χ1) is 13.2. The molecular weight excluding hydrogens is 501 g/mol. The van der Waals surface area contributed by atoms with Crippen molar-refractivity contribution >= 4 is 47.4 Å². The fourth-order valence-electron chi connectivity index (χ4n) is 3.15. The zero-order valence-electron chi connectivity index (χ0n) is 18.2. The first-order valence-electron chi connectivity index (χ1n) is 10.2. The van der Waals surface area contributed by atoms with E-state index in [1.54, 1.807) is 11.3 Å². The first kappa shape index (κ1) is 25.9. The average Bonchev–Trinajstić information content (AvgIpc) is 3.00. The molecule has 0 radical (unpaired) electrons. The van der Waals surface area contributed by atoms with Gasteiger partial charge in [-0.2, -0.15) is 0 Å². The summed E-state index contributed by atoms with van der Waals surface area (Å²) in [4.78, 5) is 22.2. The molecule has 29 heavy (non-hydrogen) atoms. The summed E-state index contributed by atoms with van der Waals surface area (Å²) in [5.74, 6) is 0.860. The molecule has 2 rings (SSSR count). The molecule has 7 nitrogen and oxygen atoms in total. The van der Waals surface area contributed by atoms with Gasteiger partial charge in [-0.1, -0.05) is 0 Å². The van der Waals surface area contributed by atoms with Crippen molar-refractivity contribution in [1.82, 2.24) is 20.9 Å². The van der Waals surface area contributed by atoms with Crippen molar-refractivity contribution in [2.45, 2.75) is 84.4 Å². The van der Waals surface area contributed by atoms with Gasteiger partial charge in [0.05, 0.1) is 5.01 Å². The lowest BCUT2D eigenvalue weighted by Gasteiger charge is -2.31. The molecule has 0 aromatic carbocycles. The van der Waals surface area contributed by atoms with Gasteiger partial charge in [0.15, 0.2) is 5.96 Å². The van der Waals surface area contributed by atoms with E-state index in [1.807, 2.05) is 27.0 Å². The molecule has 166 valence electrons. The van der Waals surface area contributed by atoms with E-state index in [0.717, 1.165) is 56.2 Å². The van der Waals surface area contributed by atoms with Gasteiger partial charge in [0.2, 0.25) is 0 Å². The predicted molar refractivity (Wildman–Crippen MR) is 130 cm³/mol. The molecule has 0 aliphatic heterocycles. The van der Waals surface area contributed by atoms with Crippen LogP contribution in [0.15, 0.2) is 11.2 Å². The number of aliphatic imine (C=N–C) groups is 1. The van der Waals surface area contributed by atoms with Crippen LogP contribution in [0.3, 0.4) is 0 Å². The number of halogens is 1. The lowest BCUT2D eigenvalue weighted by Crippen LogP contribution is -2.48. The molecule has 0 bridgehead atoms. The molecule has 1 heterocycles. The van der Waals surface area contributed by atoms with E-state index in [9.17, 15) is 4.79 Å². The summed E-state index contributed by atoms with van der Waals surface area (Å²) in [7, 11) is 0. The second kappa shape index (κ2) is 12.6. The van der Waals surface area contributed by atoms with Gasteiger partial charge in [-0.25, -0.2) is 9.78 Å². The van der Waals surface area contributed by atoms with Crippen LogP contribution in [0.4, 0.5) is 4.79 Å². The molecule has 3 N–H and O–H groups in total. The van der Waals surface area contributed by atoms with Crippen LogP contribution < -0.4 is 16.0 Å². The van der Waals surface area contributed by atoms with Crippen LogP contribution in [0.25, 0.3) is 0 Å². The highest BCUT2D eigenvalue weighted by Crippen LogP contribution is 2.19. The van der Waals surface area contributed by atoms with Crippen LogP contribution in [0.5, 0.6) is 0 Å². The Morgan fingerprint density at radius 2 is 1.86 bits per heavy atom. The van der Waals surface area contributed by atoms with Gasteiger partial charge in [-0.3, -0.25) is 4.99 Å². The highest BCUT2D eigenvalue weighted by molar-refractivity contribution is 14.0. The summed E-state index contributed by atoms with van der Waals surface area (Å²) in [6.07, 6.45) is 6.32. The number of guanidine groups is 1. The Balaban J connectivity index is 0.00000420. The largest absolute Gasteiger partial charge is 0.444 e. The molecule has 1 aromatic rings. The quantitative estimate of drug-likeness (QED) is 0.290. The molecule has 1 saturated carbocycles. The van der Waals surface area contributed by atoms with Crippen LogP contribution in [0.1, 0.15) is 63.3 Å². The van der Waals surface area contributed by atoms with E-state index in [1.165, 1.54) is 4.88 Å². The average molecular weight is 538 g/mol. The molecule has 1 amide bonds. The number of hydrogen-bond donors (Lipinski definition) is 3. The Morgan fingerprint density at radius 1 is 1.24 bits per heavy atom.